The number of carbonyl (C=O) groups is 2. The minimum absolute atomic E-state index is 0.108. The van der Waals surface area contributed by atoms with Gasteiger partial charge in [0.1, 0.15) is 0 Å². The highest BCUT2D eigenvalue weighted by Gasteiger charge is 2.16. The van der Waals surface area contributed by atoms with Gasteiger partial charge in [0.05, 0.1) is 11.6 Å². The molecule has 118 valence electrons. The van der Waals surface area contributed by atoms with E-state index in [0.717, 1.165) is 9.88 Å². The Bertz CT molecular complexity index is 500. The Morgan fingerprint density at radius 1 is 1.43 bits per heavy atom. The first kappa shape index (κ1) is 17.4. The highest BCUT2D eigenvalue weighted by atomic mass is 32.1. The van der Waals surface area contributed by atoms with Gasteiger partial charge in [-0.3, -0.25) is 0 Å². The van der Waals surface area contributed by atoms with Crippen molar-refractivity contribution in [1.29, 1.82) is 0 Å². The van der Waals surface area contributed by atoms with Crippen molar-refractivity contribution < 1.29 is 14.3 Å². The molecule has 0 saturated heterocycles. The van der Waals surface area contributed by atoms with Crippen molar-refractivity contribution in [2.75, 3.05) is 20.2 Å². The minimum Gasteiger partial charge on any atom is -0.461 e. The van der Waals surface area contributed by atoms with Gasteiger partial charge in [-0.05, 0) is 27.7 Å². The van der Waals surface area contributed by atoms with Gasteiger partial charge in [-0.15, -0.1) is 11.3 Å². The summed E-state index contributed by atoms with van der Waals surface area (Å²) in [4.78, 5) is 30.2. The maximum atomic E-state index is 11.8. The van der Waals surface area contributed by atoms with Crippen molar-refractivity contribution in [2.24, 2.45) is 0 Å². The summed E-state index contributed by atoms with van der Waals surface area (Å²) in [5, 5.41) is 3.66. The first-order chi connectivity index (χ1) is 9.86. The molecule has 0 radical (unpaired) electrons. The summed E-state index contributed by atoms with van der Waals surface area (Å²) in [7, 11) is 1.76. The number of rotatable bonds is 6. The highest BCUT2D eigenvalue weighted by Crippen LogP contribution is 2.18. The van der Waals surface area contributed by atoms with Crippen molar-refractivity contribution in [2.45, 2.75) is 40.2 Å². The van der Waals surface area contributed by atoms with E-state index in [0.29, 0.717) is 25.3 Å². The summed E-state index contributed by atoms with van der Waals surface area (Å²) >= 11 is 1.46. The highest BCUT2D eigenvalue weighted by molar-refractivity contribution is 7.11. The molecule has 0 aromatic carbocycles. The number of nitrogens with one attached hydrogen (secondary N) is 1. The van der Waals surface area contributed by atoms with Crippen LogP contribution >= 0.6 is 11.3 Å². The number of carbonyl (C=O) groups excluding carboxylic acids is 2. The number of hydrogen-bond donors (Lipinski definition) is 1. The topological polar surface area (TPSA) is 71.5 Å². The smallest absolute Gasteiger partial charge is 0.358 e. The summed E-state index contributed by atoms with van der Waals surface area (Å²) in [6.45, 7) is 8.35. The Kier molecular flexibility index (Phi) is 6.61. The van der Waals surface area contributed by atoms with Gasteiger partial charge < -0.3 is 15.0 Å². The number of amides is 2. The van der Waals surface area contributed by atoms with Crippen molar-refractivity contribution in [3.8, 4) is 0 Å². The fourth-order valence-corrected chi connectivity index (χ4v) is 2.50. The first-order valence-corrected chi connectivity index (χ1v) is 7.82. The summed E-state index contributed by atoms with van der Waals surface area (Å²) in [6, 6.07) is 0.0476. The maximum Gasteiger partial charge on any atom is 0.358 e. The normalized spacial score (nSPS) is 10.6. The zero-order valence-corrected chi connectivity index (χ0v) is 14.0. The summed E-state index contributed by atoms with van der Waals surface area (Å²) in [5.41, 5.74) is 0.377. The van der Waals surface area contributed by atoms with Gasteiger partial charge in [0.2, 0.25) is 0 Å². The average Bonchev–Trinajstić information content (AvgIpc) is 2.79. The number of esters is 1. The zero-order chi connectivity index (χ0) is 16.0. The Morgan fingerprint density at radius 2 is 2.10 bits per heavy atom. The van der Waals surface area contributed by atoms with Crippen molar-refractivity contribution in [3.63, 3.8) is 0 Å². The predicted octanol–water partition coefficient (Wildman–Crippen LogP) is 2.22. The third-order valence-corrected chi connectivity index (χ3v) is 4.05. The average molecular weight is 313 g/mol. The Balaban J connectivity index is 2.52. The molecule has 1 N–H and O–H groups in total. The number of hydrogen-bond acceptors (Lipinski definition) is 5. The lowest BCUT2D eigenvalue weighted by Crippen LogP contribution is -2.41. The lowest BCUT2D eigenvalue weighted by molar-refractivity contribution is 0.0519. The Morgan fingerprint density at radius 3 is 2.67 bits per heavy atom. The van der Waals surface area contributed by atoms with Crippen molar-refractivity contribution in [1.82, 2.24) is 15.2 Å². The molecule has 0 saturated carbocycles. The van der Waals surface area contributed by atoms with Gasteiger partial charge in [0.25, 0.3) is 0 Å². The molecule has 0 bridgehead atoms. The fourth-order valence-electron chi connectivity index (χ4n) is 1.58. The van der Waals surface area contributed by atoms with E-state index in [1.54, 1.807) is 18.9 Å². The number of aromatic nitrogens is 1. The quantitative estimate of drug-likeness (QED) is 0.817. The van der Waals surface area contributed by atoms with Crippen LogP contribution in [0.3, 0.4) is 0 Å². The number of urea groups is 1. The van der Waals surface area contributed by atoms with E-state index < -0.39 is 0 Å². The number of nitrogens with zero attached hydrogens (tertiary/aromatic N) is 2. The lowest BCUT2D eigenvalue weighted by Gasteiger charge is -2.21. The standard InChI is InChI=1S/C14H23N3O3S/c1-6-20-13(18)12-10(4)21-11(16-12)7-8-15-14(19)17(5)9(2)3/h9H,6-8H2,1-5H3,(H,15,19). The molecular formula is C14H23N3O3S. The maximum absolute atomic E-state index is 11.8. The molecule has 1 aromatic rings. The van der Waals surface area contributed by atoms with Crippen molar-refractivity contribution in [3.05, 3.63) is 15.6 Å². The SMILES string of the molecule is CCOC(=O)c1nc(CCNC(=O)N(C)C(C)C)sc1C. The largest absolute Gasteiger partial charge is 0.461 e. The molecule has 7 heteroatoms. The van der Waals surface area contributed by atoms with E-state index in [1.807, 2.05) is 20.8 Å². The summed E-state index contributed by atoms with van der Waals surface area (Å²) in [6.07, 6.45) is 0.600. The van der Waals surface area contributed by atoms with Gasteiger partial charge in [0.15, 0.2) is 5.69 Å². The van der Waals surface area contributed by atoms with E-state index >= 15 is 0 Å². The van der Waals surface area contributed by atoms with Crippen LogP contribution in [0.15, 0.2) is 0 Å². The predicted molar refractivity (Wildman–Crippen MR) is 82.8 cm³/mol. The van der Waals surface area contributed by atoms with Crippen LogP contribution in [-0.4, -0.2) is 48.1 Å². The molecule has 0 unspecified atom stereocenters. The second kappa shape index (κ2) is 7.97. The molecule has 0 atom stereocenters. The molecule has 0 aliphatic rings. The molecule has 21 heavy (non-hydrogen) atoms. The molecule has 2 amide bonds. The van der Waals surface area contributed by atoms with Crippen LogP contribution in [0.4, 0.5) is 4.79 Å². The van der Waals surface area contributed by atoms with E-state index in [4.69, 9.17) is 4.74 Å². The molecule has 0 fully saturated rings. The minimum atomic E-state index is -0.388. The first-order valence-electron chi connectivity index (χ1n) is 7.00. The van der Waals surface area contributed by atoms with Crippen LogP contribution in [0.5, 0.6) is 0 Å². The van der Waals surface area contributed by atoms with Crippen LogP contribution in [0.1, 0.15) is 41.1 Å². The second-order valence-corrected chi connectivity index (χ2v) is 6.21. The van der Waals surface area contributed by atoms with Gasteiger partial charge in [-0.25, -0.2) is 14.6 Å². The Hall–Kier alpha value is -1.63. The molecular weight excluding hydrogens is 290 g/mol. The fraction of sp³-hybridized carbons (Fsp3) is 0.643. The molecule has 1 aromatic heterocycles. The summed E-state index contributed by atoms with van der Waals surface area (Å²) < 4.78 is 4.95. The third kappa shape index (κ3) is 5.00. The van der Waals surface area contributed by atoms with E-state index in [2.05, 4.69) is 10.3 Å². The number of aryl methyl sites for hydroxylation is 1. The third-order valence-electron chi connectivity index (χ3n) is 3.02. The second-order valence-electron chi connectivity index (χ2n) is 4.92. The van der Waals surface area contributed by atoms with Crippen molar-refractivity contribution >= 4 is 23.3 Å². The van der Waals surface area contributed by atoms with Crippen LogP contribution in [0.25, 0.3) is 0 Å². The van der Waals surface area contributed by atoms with Crippen LogP contribution < -0.4 is 5.32 Å². The van der Waals surface area contributed by atoms with E-state index in [9.17, 15) is 9.59 Å². The van der Waals surface area contributed by atoms with Crippen LogP contribution in [0.2, 0.25) is 0 Å². The molecule has 1 heterocycles. The zero-order valence-electron chi connectivity index (χ0n) is 13.2. The monoisotopic (exact) mass is 313 g/mol. The molecule has 1 rings (SSSR count). The molecule has 0 aliphatic carbocycles. The van der Waals surface area contributed by atoms with Crippen LogP contribution in [0, 0.1) is 6.92 Å². The van der Waals surface area contributed by atoms with E-state index in [-0.39, 0.29) is 18.0 Å². The van der Waals surface area contributed by atoms with Crippen LogP contribution in [-0.2, 0) is 11.2 Å². The number of ether oxygens (including phenoxy) is 1. The molecule has 0 spiro atoms. The lowest BCUT2D eigenvalue weighted by atomic mass is 10.3. The Labute approximate surface area is 129 Å². The van der Waals surface area contributed by atoms with Gasteiger partial charge in [-0.2, -0.15) is 0 Å². The van der Waals surface area contributed by atoms with Gasteiger partial charge >= 0.3 is 12.0 Å². The van der Waals surface area contributed by atoms with E-state index in [1.165, 1.54) is 11.3 Å². The van der Waals surface area contributed by atoms with Gasteiger partial charge in [0, 0.05) is 30.9 Å². The van der Waals surface area contributed by atoms with Gasteiger partial charge in [-0.1, -0.05) is 0 Å². The molecule has 6 nitrogen and oxygen atoms in total. The number of thiazole rings is 1. The summed E-state index contributed by atoms with van der Waals surface area (Å²) in [5.74, 6) is -0.388. The molecule has 0 aliphatic heterocycles.